The van der Waals surface area contributed by atoms with Crippen LogP contribution >= 0.6 is 0 Å². The van der Waals surface area contributed by atoms with Gasteiger partial charge in [-0.3, -0.25) is 14.2 Å². The molecule has 2 rings (SSSR count). The van der Waals surface area contributed by atoms with Gasteiger partial charge in [-0.2, -0.15) is 0 Å². The summed E-state index contributed by atoms with van der Waals surface area (Å²) in [5.74, 6) is -0.535. The number of aromatic amines is 1. The lowest BCUT2D eigenvalue weighted by Crippen LogP contribution is -2.33. The van der Waals surface area contributed by atoms with Crippen molar-refractivity contribution in [2.45, 2.75) is 13.3 Å². The van der Waals surface area contributed by atoms with Gasteiger partial charge in [0.25, 0.3) is 5.91 Å². The van der Waals surface area contributed by atoms with Crippen LogP contribution in [0.1, 0.15) is 23.7 Å². The van der Waals surface area contributed by atoms with Crippen molar-refractivity contribution in [2.75, 3.05) is 20.2 Å². The van der Waals surface area contributed by atoms with Crippen molar-refractivity contribution >= 4 is 22.9 Å². The molecule has 0 saturated heterocycles. The molecule has 7 heteroatoms. The van der Waals surface area contributed by atoms with E-state index in [0.717, 1.165) is 5.52 Å². The zero-order valence-electron chi connectivity index (χ0n) is 12.9. The van der Waals surface area contributed by atoms with E-state index in [-0.39, 0.29) is 24.0 Å². The van der Waals surface area contributed by atoms with Gasteiger partial charge in [0.15, 0.2) is 0 Å². The van der Waals surface area contributed by atoms with Crippen molar-refractivity contribution in [3.05, 3.63) is 34.2 Å². The number of carbonyl (C=O) groups excluding carboxylic acids is 2. The Balaban J connectivity index is 2.23. The summed E-state index contributed by atoms with van der Waals surface area (Å²) in [7, 11) is 2.98. The first-order chi connectivity index (χ1) is 10.5. The average molecular weight is 305 g/mol. The second-order valence-corrected chi connectivity index (χ2v) is 4.93. The van der Waals surface area contributed by atoms with Crippen LogP contribution in [0, 0.1) is 0 Å². The van der Waals surface area contributed by atoms with Crippen LogP contribution in [0.3, 0.4) is 0 Å². The molecule has 7 nitrogen and oxygen atoms in total. The summed E-state index contributed by atoms with van der Waals surface area (Å²) in [5, 5.41) is 0. The van der Waals surface area contributed by atoms with E-state index >= 15 is 0 Å². The predicted octanol–water partition coefficient (Wildman–Crippen LogP) is 0.892. The van der Waals surface area contributed by atoms with Crippen LogP contribution in [0.4, 0.5) is 0 Å². The molecule has 0 fully saturated rings. The van der Waals surface area contributed by atoms with Crippen LogP contribution in [-0.4, -0.2) is 46.5 Å². The number of aryl methyl sites for hydroxylation is 1. The lowest BCUT2D eigenvalue weighted by atomic mass is 10.1. The van der Waals surface area contributed by atoms with Gasteiger partial charge in [-0.1, -0.05) is 0 Å². The number of hydrogen-bond acceptors (Lipinski definition) is 4. The molecule has 0 aliphatic carbocycles. The summed E-state index contributed by atoms with van der Waals surface area (Å²) in [4.78, 5) is 39.5. The lowest BCUT2D eigenvalue weighted by Gasteiger charge is -2.20. The van der Waals surface area contributed by atoms with Crippen molar-refractivity contribution in [1.29, 1.82) is 0 Å². The lowest BCUT2D eigenvalue weighted by molar-refractivity contribution is -0.140. The first kappa shape index (κ1) is 15.8. The standard InChI is InChI=1S/C15H19N3O4/c1-4-18(8-7-13(19)22-3)14(20)10-5-6-12-11(9-10)16-15(21)17(12)2/h5-6,9H,4,7-8H2,1-3H3,(H,16,21). The molecule has 0 radical (unpaired) electrons. The Hall–Kier alpha value is -2.57. The Bertz CT molecular complexity index is 760. The molecule has 0 saturated carbocycles. The van der Waals surface area contributed by atoms with Gasteiger partial charge < -0.3 is 14.6 Å². The highest BCUT2D eigenvalue weighted by molar-refractivity contribution is 5.97. The maximum atomic E-state index is 12.5. The topological polar surface area (TPSA) is 84.4 Å². The number of fused-ring (bicyclic) bond motifs is 1. The largest absolute Gasteiger partial charge is 0.469 e. The summed E-state index contributed by atoms with van der Waals surface area (Å²) < 4.78 is 6.07. The molecule has 1 heterocycles. The van der Waals surface area contributed by atoms with Gasteiger partial charge in [-0.25, -0.2) is 4.79 Å². The molecular formula is C15H19N3O4. The Kier molecular flexibility index (Phi) is 4.65. The van der Waals surface area contributed by atoms with Gasteiger partial charge in [0.1, 0.15) is 0 Å². The fourth-order valence-electron chi connectivity index (χ4n) is 2.28. The van der Waals surface area contributed by atoms with E-state index in [9.17, 15) is 14.4 Å². The average Bonchev–Trinajstić information content (AvgIpc) is 2.81. The third-order valence-corrected chi connectivity index (χ3v) is 3.63. The van der Waals surface area contributed by atoms with Crippen molar-refractivity contribution in [3.8, 4) is 0 Å². The number of benzene rings is 1. The fourth-order valence-corrected chi connectivity index (χ4v) is 2.28. The number of methoxy groups -OCH3 is 1. The molecule has 1 amide bonds. The first-order valence-corrected chi connectivity index (χ1v) is 7.02. The highest BCUT2D eigenvalue weighted by Gasteiger charge is 2.16. The minimum atomic E-state index is -0.353. The van der Waals surface area contributed by atoms with Crippen LogP contribution in [0.2, 0.25) is 0 Å². The molecule has 0 atom stereocenters. The molecule has 118 valence electrons. The van der Waals surface area contributed by atoms with Gasteiger partial charge in [-0.05, 0) is 25.1 Å². The fraction of sp³-hybridized carbons (Fsp3) is 0.400. The number of nitrogens with one attached hydrogen (secondary N) is 1. The summed E-state index contributed by atoms with van der Waals surface area (Å²) in [6, 6.07) is 5.06. The Morgan fingerprint density at radius 1 is 1.36 bits per heavy atom. The summed E-state index contributed by atoms with van der Waals surface area (Å²) in [5.41, 5.74) is 1.60. The Morgan fingerprint density at radius 3 is 2.73 bits per heavy atom. The zero-order valence-corrected chi connectivity index (χ0v) is 12.9. The normalized spacial score (nSPS) is 10.7. The van der Waals surface area contributed by atoms with E-state index < -0.39 is 0 Å². The number of aromatic nitrogens is 2. The monoisotopic (exact) mass is 305 g/mol. The second-order valence-electron chi connectivity index (χ2n) is 4.93. The van der Waals surface area contributed by atoms with Crippen LogP contribution < -0.4 is 5.69 Å². The first-order valence-electron chi connectivity index (χ1n) is 7.02. The third kappa shape index (κ3) is 3.03. The van der Waals surface area contributed by atoms with Gasteiger partial charge >= 0.3 is 11.7 Å². The molecule has 0 aliphatic rings. The van der Waals surface area contributed by atoms with Crippen molar-refractivity contribution in [2.24, 2.45) is 7.05 Å². The van der Waals surface area contributed by atoms with E-state index in [1.54, 1.807) is 30.1 Å². The molecule has 0 aliphatic heterocycles. The van der Waals surface area contributed by atoms with E-state index in [4.69, 9.17) is 0 Å². The van der Waals surface area contributed by atoms with Gasteiger partial charge in [0.2, 0.25) is 0 Å². The van der Waals surface area contributed by atoms with Gasteiger partial charge in [0, 0.05) is 25.7 Å². The van der Waals surface area contributed by atoms with E-state index in [2.05, 4.69) is 9.72 Å². The predicted molar refractivity (Wildman–Crippen MR) is 81.8 cm³/mol. The summed E-state index contributed by atoms with van der Waals surface area (Å²) in [6.45, 7) is 2.63. The van der Waals surface area contributed by atoms with Gasteiger partial charge in [-0.15, -0.1) is 0 Å². The number of hydrogen-bond donors (Lipinski definition) is 1. The molecule has 1 N–H and O–H groups in total. The van der Waals surface area contributed by atoms with E-state index in [0.29, 0.717) is 24.2 Å². The molecule has 0 bridgehead atoms. The minimum Gasteiger partial charge on any atom is -0.469 e. The third-order valence-electron chi connectivity index (χ3n) is 3.63. The number of carbonyl (C=O) groups is 2. The van der Waals surface area contributed by atoms with E-state index in [1.165, 1.54) is 11.7 Å². The highest BCUT2D eigenvalue weighted by atomic mass is 16.5. The molecule has 2 aromatic rings. The number of nitrogens with zero attached hydrogens (tertiary/aromatic N) is 2. The van der Waals surface area contributed by atoms with Gasteiger partial charge in [0.05, 0.1) is 24.6 Å². The number of amides is 1. The van der Waals surface area contributed by atoms with Crippen molar-refractivity contribution in [3.63, 3.8) is 0 Å². The SMILES string of the molecule is CCN(CCC(=O)OC)C(=O)c1ccc2c(c1)[nH]c(=O)n2C. The minimum absolute atomic E-state index is 0.153. The number of ether oxygens (including phenoxy) is 1. The zero-order chi connectivity index (χ0) is 16.3. The maximum Gasteiger partial charge on any atom is 0.326 e. The highest BCUT2D eigenvalue weighted by Crippen LogP contribution is 2.14. The Morgan fingerprint density at radius 2 is 2.09 bits per heavy atom. The van der Waals surface area contributed by atoms with Crippen LogP contribution in [0.5, 0.6) is 0 Å². The molecule has 1 aromatic carbocycles. The smallest absolute Gasteiger partial charge is 0.326 e. The maximum absolute atomic E-state index is 12.5. The van der Waals surface area contributed by atoms with Crippen LogP contribution in [-0.2, 0) is 16.6 Å². The van der Waals surface area contributed by atoms with Crippen LogP contribution in [0.25, 0.3) is 11.0 Å². The quantitative estimate of drug-likeness (QED) is 0.832. The van der Waals surface area contributed by atoms with Crippen molar-refractivity contribution < 1.29 is 14.3 Å². The summed E-state index contributed by atoms with van der Waals surface area (Å²) in [6.07, 6.45) is 0.153. The molecule has 0 spiro atoms. The molecule has 0 unspecified atom stereocenters. The summed E-state index contributed by atoms with van der Waals surface area (Å²) >= 11 is 0. The number of imidazole rings is 1. The number of rotatable bonds is 5. The number of esters is 1. The second kappa shape index (κ2) is 6.46. The molecule has 22 heavy (non-hydrogen) atoms. The molecular weight excluding hydrogens is 286 g/mol. The molecule has 1 aromatic heterocycles. The van der Waals surface area contributed by atoms with E-state index in [1.807, 2.05) is 6.92 Å². The number of H-pyrrole nitrogens is 1. The van der Waals surface area contributed by atoms with Crippen LogP contribution in [0.15, 0.2) is 23.0 Å². The Labute approximate surface area is 127 Å². The van der Waals surface area contributed by atoms with Crippen molar-refractivity contribution in [1.82, 2.24) is 14.5 Å².